The molecule has 0 atom stereocenters. The molecule has 0 aliphatic rings. The Morgan fingerprint density at radius 3 is 1.52 bits per heavy atom. The summed E-state index contributed by atoms with van der Waals surface area (Å²) < 4.78 is 0. The molecule has 25 heavy (non-hydrogen) atoms. The van der Waals surface area contributed by atoms with E-state index in [0.717, 1.165) is 19.2 Å². The van der Waals surface area contributed by atoms with Crippen molar-refractivity contribution in [1.29, 1.82) is 0 Å². The monoisotopic (exact) mass is 376 g/mol. The highest BCUT2D eigenvalue weighted by Crippen LogP contribution is 2.02. The van der Waals surface area contributed by atoms with Gasteiger partial charge in [-0.3, -0.25) is 9.59 Å². The molecule has 0 aromatic rings. The van der Waals surface area contributed by atoms with Crippen molar-refractivity contribution < 1.29 is 9.59 Å². The minimum absolute atomic E-state index is 0.0521. The molecule has 0 radical (unpaired) electrons. The number of likely N-dealkylation sites (N-methyl/N-ethyl adjacent to an activating group) is 2. The fourth-order valence-electron chi connectivity index (χ4n) is 2.03. The van der Waals surface area contributed by atoms with Gasteiger partial charge in [-0.2, -0.15) is 0 Å². The van der Waals surface area contributed by atoms with E-state index >= 15 is 0 Å². The van der Waals surface area contributed by atoms with E-state index < -0.39 is 5.24 Å². The van der Waals surface area contributed by atoms with E-state index in [4.69, 9.17) is 17.3 Å². The van der Waals surface area contributed by atoms with Gasteiger partial charge in [-0.05, 0) is 79.6 Å². The maximum Gasteiger partial charge on any atom is 0.244 e. The number of rotatable bonds is 7. The second-order valence-corrected chi connectivity index (χ2v) is 7.92. The van der Waals surface area contributed by atoms with Gasteiger partial charge in [-0.25, -0.2) is 0 Å². The number of nitrogens with two attached hydrogens (primary N) is 1. The Morgan fingerprint density at radius 1 is 1.00 bits per heavy atom. The van der Waals surface area contributed by atoms with Crippen molar-refractivity contribution in [2.75, 3.05) is 41.3 Å². The summed E-state index contributed by atoms with van der Waals surface area (Å²) in [5.41, 5.74) is 5.44. The Morgan fingerprint density at radius 2 is 1.36 bits per heavy atom. The van der Waals surface area contributed by atoms with Crippen LogP contribution < -0.4 is 11.1 Å². The maximum atomic E-state index is 11.0. The highest BCUT2D eigenvalue weighted by Gasteiger charge is 2.19. The fraction of sp³-hybridized carbons (Fsp3) is 0.667. The SMILES string of the molecule is C=CC(=O)Cl.C=CC(=O)NC(C)(C)CN(C)C.CN(C)CC(C)(C)N. The summed E-state index contributed by atoms with van der Waals surface area (Å²) >= 11 is 4.71. The van der Waals surface area contributed by atoms with Gasteiger partial charge in [-0.1, -0.05) is 13.2 Å². The van der Waals surface area contributed by atoms with E-state index in [0.29, 0.717) is 0 Å². The molecule has 0 aromatic heterocycles. The van der Waals surface area contributed by atoms with E-state index in [-0.39, 0.29) is 17.0 Å². The van der Waals surface area contributed by atoms with Crippen molar-refractivity contribution in [3.8, 4) is 0 Å². The molecule has 0 aromatic carbocycles. The van der Waals surface area contributed by atoms with Gasteiger partial charge in [-0.15, -0.1) is 0 Å². The quantitative estimate of drug-likeness (QED) is 0.523. The van der Waals surface area contributed by atoms with Crippen LogP contribution in [0, 0.1) is 0 Å². The molecule has 0 saturated heterocycles. The molecule has 0 bridgehead atoms. The van der Waals surface area contributed by atoms with Crippen molar-refractivity contribution in [3.63, 3.8) is 0 Å². The lowest BCUT2D eigenvalue weighted by Gasteiger charge is -2.28. The zero-order chi connectivity index (χ0) is 20.8. The van der Waals surface area contributed by atoms with E-state index in [2.05, 4.69) is 23.4 Å². The number of halogens is 1. The van der Waals surface area contributed by atoms with Crippen molar-refractivity contribution in [2.24, 2.45) is 5.73 Å². The van der Waals surface area contributed by atoms with Gasteiger partial charge in [0.1, 0.15) is 0 Å². The molecule has 0 saturated carbocycles. The van der Waals surface area contributed by atoms with Gasteiger partial charge in [0.25, 0.3) is 0 Å². The molecule has 0 aliphatic heterocycles. The number of nitrogens with zero attached hydrogens (tertiary/aromatic N) is 2. The molecular weight excluding hydrogens is 340 g/mol. The van der Waals surface area contributed by atoms with Gasteiger partial charge in [0.2, 0.25) is 11.1 Å². The molecule has 148 valence electrons. The predicted molar refractivity (Wildman–Crippen MR) is 109 cm³/mol. The highest BCUT2D eigenvalue weighted by atomic mass is 35.5. The number of carbonyl (C=O) groups is 2. The first-order chi connectivity index (χ1) is 11.1. The summed E-state index contributed by atoms with van der Waals surface area (Å²) in [7, 11) is 7.99. The normalized spacial score (nSPS) is 10.9. The predicted octanol–water partition coefficient (Wildman–Crippen LogP) is 1.85. The van der Waals surface area contributed by atoms with Crippen molar-refractivity contribution in [1.82, 2.24) is 15.1 Å². The largest absolute Gasteiger partial charge is 0.346 e. The summed E-state index contributed by atoms with van der Waals surface area (Å²) in [4.78, 5) is 24.5. The Bertz CT molecular complexity index is 414. The van der Waals surface area contributed by atoms with Crippen LogP contribution in [-0.4, -0.2) is 73.3 Å². The third-order valence-corrected chi connectivity index (χ3v) is 2.40. The minimum Gasteiger partial charge on any atom is -0.346 e. The first-order valence-electron chi connectivity index (χ1n) is 7.91. The summed E-state index contributed by atoms with van der Waals surface area (Å²) in [6.07, 6.45) is 2.33. The number of hydrogen-bond acceptors (Lipinski definition) is 5. The molecule has 0 aliphatic carbocycles. The lowest BCUT2D eigenvalue weighted by Crippen LogP contribution is -2.49. The topological polar surface area (TPSA) is 78.7 Å². The summed E-state index contributed by atoms with van der Waals surface area (Å²) in [5.74, 6) is -0.123. The van der Waals surface area contributed by atoms with Gasteiger partial charge in [0.15, 0.2) is 0 Å². The number of amides is 1. The lowest BCUT2D eigenvalue weighted by molar-refractivity contribution is -0.118. The van der Waals surface area contributed by atoms with Crippen LogP contribution in [0.1, 0.15) is 27.7 Å². The first-order valence-corrected chi connectivity index (χ1v) is 8.29. The molecule has 1 amide bonds. The van der Waals surface area contributed by atoms with Crippen LogP contribution in [-0.2, 0) is 9.59 Å². The number of allylic oxidation sites excluding steroid dienone is 1. The van der Waals surface area contributed by atoms with Crippen LogP contribution in [0.2, 0.25) is 0 Å². The third kappa shape index (κ3) is 31.1. The summed E-state index contributed by atoms with van der Waals surface area (Å²) in [6, 6.07) is 0. The van der Waals surface area contributed by atoms with Gasteiger partial charge < -0.3 is 20.9 Å². The molecule has 0 unspecified atom stereocenters. The fourth-order valence-corrected chi connectivity index (χ4v) is 2.03. The second-order valence-electron chi connectivity index (χ2n) is 7.55. The Hall–Kier alpha value is -1.21. The van der Waals surface area contributed by atoms with Crippen LogP contribution in [0.25, 0.3) is 0 Å². The zero-order valence-electron chi connectivity index (χ0n) is 17.1. The van der Waals surface area contributed by atoms with E-state index in [9.17, 15) is 9.59 Å². The van der Waals surface area contributed by atoms with Crippen LogP contribution in [0.4, 0.5) is 0 Å². The van der Waals surface area contributed by atoms with Crippen LogP contribution >= 0.6 is 11.6 Å². The van der Waals surface area contributed by atoms with Gasteiger partial charge in [0, 0.05) is 24.2 Å². The Labute approximate surface area is 159 Å². The van der Waals surface area contributed by atoms with Crippen molar-refractivity contribution in [2.45, 2.75) is 38.8 Å². The van der Waals surface area contributed by atoms with Crippen molar-refractivity contribution >= 4 is 22.8 Å². The standard InChI is InChI=1S/C9H18N2O.C6H16N2.C3H3ClO/c1-6-8(12)10-9(2,3)7-11(4)5;1-6(2,7)5-8(3)4;1-2-3(4)5/h6H,1,7H2,2-5H3,(H,10,12);5,7H2,1-4H3;2H,1H2. The number of nitrogens with one attached hydrogen (secondary N) is 1. The van der Waals surface area contributed by atoms with Crippen LogP contribution in [0.15, 0.2) is 25.3 Å². The minimum atomic E-state index is -0.509. The second kappa shape index (κ2) is 14.0. The molecule has 6 nitrogen and oxygen atoms in total. The smallest absolute Gasteiger partial charge is 0.244 e. The molecule has 0 fully saturated rings. The summed E-state index contributed by atoms with van der Waals surface area (Å²) in [5, 5.41) is 2.33. The van der Waals surface area contributed by atoms with Gasteiger partial charge >= 0.3 is 0 Å². The zero-order valence-corrected chi connectivity index (χ0v) is 17.9. The first kappa shape index (κ1) is 28.6. The van der Waals surface area contributed by atoms with Gasteiger partial charge in [0.05, 0.1) is 0 Å². The average Bonchev–Trinajstić information content (AvgIpc) is 2.34. The average molecular weight is 377 g/mol. The number of hydrogen-bond donors (Lipinski definition) is 2. The van der Waals surface area contributed by atoms with E-state index in [1.807, 2.05) is 60.8 Å². The number of carbonyl (C=O) groups excluding carboxylic acids is 2. The van der Waals surface area contributed by atoms with Crippen LogP contribution in [0.3, 0.4) is 0 Å². The maximum absolute atomic E-state index is 11.0. The molecule has 3 N–H and O–H groups in total. The van der Waals surface area contributed by atoms with E-state index in [1.165, 1.54) is 6.08 Å². The highest BCUT2D eigenvalue weighted by molar-refractivity contribution is 6.66. The molecular formula is C18H37ClN4O2. The van der Waals surface area contributed by atoms with Crippen molar-refractivity contribution in [3.05, 3.63) is 25.3 Å². The molecule has 0 spiro atoms. The Kier molecular flexibility index (Phi) is 16.0. The van der Waals surface area contributed by atoms with E-state index in [1.54, 1.807) is 0 Å². The third-order valence-electron chi connectivity index (χ3n) is 2.24. The molecule has 0 heterocycles. The lowest BCUT2D eigenvalue weighted by atomic mass is 10.1. The molecule has 0 rings (SSSR count). The summed E-state index contributed by atoms with van der Waals surface area (Å²) in [6.45, 7) is 16.2. The Balaban J connectivity index is -0.000000321. The molecule has 7 heteroatoms. The van der Waals surface area contributed by atoms with Crippen LogP contribution in [0.5, 0.6) is 0 Å².